The maximum absolute atomic E-state index is 11.9. The molecule has 1 saturated heterocycles. The highest BCUT2D eigenvalue weighted by atomic mass is 32.2. The molecule has 0 radical (unpaired) electrons. The molecule has 0 spiro atoms. The number of hydrogen-bond acceptors (Lipinski definition) is 4. The fourth-order valence-corrected chi connectivity index (χ4v) is 3.20. The van der Waals surface area contributed by atoms with Crippen molar-refractivity contribution >= 4 is 15.7 Å². The van der Waals surface area contributed by atoms with Gasteiger partial charge < -0.3 is 10.4 Å². The number of carbonyl (C=O) groups is 1. The average molecular weight is 275 g/mol. The van der Waals surface area contributed by atoms with E-state index in [2.05, 4.69) is 0 Å². The Hall–Kier alpha value is -0.830. The molecule has 0 aromatic heterocycles. The molecule has 0 saturated carbocycles. The van der Waals surface area contributed by atoms with Crippen LogP contribution in [0, 0.1) is 5.92 Å². The smallest absolute Gasteiger partial charge is 0.382 e. The lowest BCUT2D eigenvalue weighted by atomic mass is 10.1. The molecule has 1 fully saturated rings. The van der Waals surface area contributed by atoms with Crippen LogP contribution in [0.1, 0.15) is 6.42 Å². The third-order valence-corrected chi connectivity index (χ3v) is 4.22. The number of alkyl halides is 3. The van der Waals surface area contributed by atoms with Crippen molar-refractivity contribution in [1.29, 1.82) is 0 Å². The molecule has 17 heavy (non-hydrogen) atoms. The molecule has 0 aliphatic carbocycles. The van der Waals surface area contributed by atoms with Gasteiger partial charge in [0.05, 0.1) is 24.0 Å². The first-order chi connectivity index (χ1) is 7.62. The monoisotopic (exact) mass is 275 g/mol. The van der Waals surface area contributed by atoms with E-state index < -0.39 is 40.5 Å². The zero-order valence-electron chi connectivity index (χ0n) is 8.70. The molecule has 0 aromatic rings. The molecule has 1 amide bonds. The van der Waals surface area contributed by atoms with Gasteiger partial charge in [-0.1, -0.05) is 0 Å². The van der Waals surface area contributed by atoms with Crippen LogP contribution >= 0.6 is 0 Å². The molecule has 0 bridgehead atoms. The first-order valence-electron chi connectivity index (χ1n) is 4.85. The molecular formula is C8H12F3NO4S. The number of halogens is 3. The molecule has 100 valence electrons. The van der Waals surface area contributed by atoms with Gasteiger partial charge in [0.25, 0.3) is 0 Å². The van der Waals surface area contributed by atoms with Crippen LogP contribution < -0.4 is 5.32 Å². The van der Waals surface area contributed by atoms with Gasteiger partial charge in [0.1, 0.15) is 0 Å². The maximum atomic E-state index is 11.9. The predicted octanol–water partition coefficient (Wildman–Crippen LogP) is -0.539. The summed E-state index contributed by atoms with van der Waals surface area (Å²) in [4.78, 5) is 11.3. The number of aliphatic hydroxyl groups excluding tert-OH is 1. The normalized spacial score (nSPS) is 25.5. The summed E-state index contributed by atoms with van der Waals surface area (Å²) < 4.78 is 57.8. The van der Waals surface area contributed by atoms with Crippen LogP contribution in [-0.4, -0.2) is 49.8 Å². The molecule has 0 aromatic carbocycles. The maximum Gasteiger partial charge on any atom is 0.416 e. The molecule has 2 unspecified atom stereocenters. The molecule has 1 heterocycles. The Balaban J connectivity index is 2.42. The van der Waals surface area contributed by atoms with E-state index in [1.54, 1.807) is 0 Å². The van der Waals surface area contributed by atoms with Crippen LogP contribution in [0.2, 0.25) is 0 Å². The second kappa shape index (κ2) is 4.81. The average Bonchev–Trinajstić information content (AvgIpc) is 2.53. The van der Waals surface area contributed by atoms with Gasteiger partial charge in [-0.2, -0.15) is 13.2 Å². The summed E-state index contributed by atoms with van der Waals surface area (Å²) in [7, 11) is -3.25. The second-order valence-electron chi connectivity index (χ2n) is 3.90. The number of hydrogen-bond donors (Lipinski definition) is 2. The molecule has 1 rings (SSSR count). The van der Waals surface area contributed by atoms with Crippen LogP contribution in [-0.2, 0) is 14.6 Å². The molecule has 1 aliphatic heterocycles. The van der Waals surface area contributed by atoms with Crippen LogP contribution in [0.3, 0.4) is 0 Å². The molecule has 9 heteroatoms. The predicted molar refractivity (Wildman–Crippen MR) is 51.8 cm³/mol. The van der Waals surface area contributed by atoms with Gasteiger partial charge in [0.15, 0.2) is 15.9 Å². The Labute approximate surface area is 95.9 Å². The molecule has 2 N–H and O–H groups in total. The largest absolute Gasteiger partial charge is 0.416 e. The van der Waals surface area contributed by atoms with Crippen molar-refractivity contribution in [3.8, 4) is 0 Å². The Bertz CT molecular complexity index is 392. The van der Waals surface area contributed by atoms with Gasteiger partial charge in [-0.15, -0.1) is 0 Å². The van der Waals surface area contributed by atoms with E-state index in [0.29, 0.717) is 0 Å². The first kappa shape index (κ1) is 14.2. The van der Waals surface area contributed by atoms with Crippen LogP contribution in [0.15, 0.2) is 0 Å². The number of sulfone groups is 1. The van der Waals surface area contributed by atoms with Crippen molar-refractivity contribution in [2.75, 3.05) is 18.1 Å². The van der Waals surface area contributed by atoms with Crippen molar-refractivity contribution in [3.05, 3.63) is 0 Å². The third kappa shape index (κ3) is 4.15. The van der Waals surface area contributed by atoms with Crippen molar-refractivity contribution in [2.45, 2.75) is 18.7 Å². The molecule has 2 atom stereocenters. The van der Waals surface area contributed by atoms with Gasteiger partial charge in [-0.05, 0) is 6.42 Å². The summed E-state index contributed by atoms with van der Waals surface area (Å²) >= 11 is 0. The van der Waals surface area contributed by atoms with E-state index >= 15 is 0 Å². The number of amides is 1. The summed E-state index contributed by atoms with van der Waals surface area (Å²) in [5, 5.41) is 10.5. The fraction of sp³-hybridized carbons (Fsp3) is 0.875. The Morgan fingerprint density at radius 1 is 1.47 bits per heavy atom. The molecular weight excluding hydrogens is 263 g/mol. The van der Waals surface area contributed by atoms with Gasteiger partial charge in [-0.25, -0.2) is 8.42 Å². The Morgan fingerprint density at radius 3 is 2.47 bits per heavy atom. The highest BCUT2D eigenvalue weighted by Gasteiger charge is 2.39. The summed E-state index contributed by atoms with van der Waals surface area (Å²) in [5.74, 6) is -2.07. The zero-order valence-corrected chi connectivity index (χ0v) is 9.51. The highest BCUT2D eigenvalue weighted by molar-refractivity contribution is 7.91. The highest BCUT2D eigenvalue weighted by Crippen LogP contribution is 2.20. The zero-order chi connectivity index (χ0) is 13.3. The molecule has 5 nitrogen and oxygen atoms in total. The van der Waals surface area contributed by atoms with Gasteiger partial charge in [-0.3, -0.25) is 4.79 Å². The SMILES string of the molecule is O=C(NCC(O)C(F)(F)F)C1CCS(=O)(=O)C1. The van der Waals surface area contributed by atoms with E-state index in [1.165, 1.54) is 0 Å². The van der Waals surface area contributed by atoms with Crippen LogP contribution in [0.25, 0.3) is 0 Å². The van der Waals surface area contributed by atoms with E-state index in [0.717, 1.165) is 0 Å². The van der Waals surface area contributed by atoms with E-state index in [9.17, 15) is 26.4 Å². The number of carbonyl (C=O) groups excluding carboxylic acids is 1. The van der Waals surface area contributed by atoms with Gasteiger partial charge >= 0.3 is 6.18 Å². The van der Waals surface area contributed by atoms with Gasteiger partial charge in [0.2, 0.25) is 5.91 Å². The minimum atomic E-state index is -4.80. The second-order valence-corrected chi connectivity index (χ2v) is 6.13. The topological polar surface area (TPSA) is 83.5 Å². The van der Waals surface area contributed by atoms with Gasteiger partial charge in [0, 0.05) is 0 Å². The quantitative estimate of drug-likeness (QED) is 0.724. The lowest BCUT2D eigenvalue weighted by Crippen LogP contribution is -2.42. The molecule has 1 aliphatic rings. The van der Waals surface area contributed by atoms with Crippen molar-refractivity contribution in [3.63, 3.8) is 0 Å². The van der Waals surface area contributed by atoms with E-state index in [4.69, 9.17) is 5.11 Å². The lowest BCUT2D eigenvalue weighted by molar-refractivity contribution is -0.201. The van der Waals surface area contributed by atoms with Crippen LogP contribution in [0.5, 0.6) is 0 Å². The minimum Gasteiger partial charge on any atom is -0.382 e. The van der Waals surface area contributed by atoms with E-state index in [-0.39, 0.29) is 17.9 Å². The van der Waals surface area contributed by atoms with Crippen molar-refractivity contribution < 1.29 is 31.5 Å². The summed E-state index contributed by atoms with van der Waals surface area (Å²) in [6, 6.07) is 0. The minimum absolute atomic E-state index is 0.107. The number of rotatable bonds is 3. The van der Waals surface area contributed by atoms with Crippen LogP contribution in [0.4, 0.5) is 13.2 Å². The lowest BCUT2D eigenvalue weighted by Gasteiger charge is -2.16. The summed E-state index contributed by atoms with van der Waals surface area (Å²) in [6.45, 7) is -0.959. The summed E-state index contributed by atoms with van der Waals surface area (Å²) in [6.07, 6.45) is -7.32. The summed E-state index contributed by atoms with van der Waals surface area (Å²) in [5.41, 5.74) is 0. The fourth-order valence-electron chi connectivity index (χ4n) is 1.46. The van der Waals surface area contributed by atoms with Crippen molar-refractivity contribution in [1.82, 2.24) is 5.32 Å². The Morgan fingerprint density at radius 2 is 2.06 bits per heavy atom. The first-order valence-corrected chi connectivity index (χ1v) is 6.67. The third-order valence-electron chi connectivity index (χ3n) is 2.45. The van der Waals surface area contributed by atoms with Crippen molar-refractivity contribution in [2.24, 2.45) is 5.92 Å². The Kier molecular flexibility index (Phi) is 4.03. The number of nitrogens with one attached hydrogen (secondary N) is 1. The number of aliphatic hydroxyl groups is 1. The standard InChI is InChI=1S/C8H12F3NO4S/c9-8(10,11)6(13)3-12-7(14)5-1-2-17(15,16)4-5/h5-6,13H,1-4H2,(H,12,14). The van der Waals surface area contributed by atoms with E-state index in [1.807, 2.05) is 5.32 Å².